The van der Waals surface area contributed by atoms with E-state index in [1.54, 1.807) is 6.20 Å². The van der Waals surface area contributed by atoms with Gasteiger partial charge in [-0.05, 0) is 18.2 Å². The number of nitrogens with zero attached hydrogens (tertiary/aromatic N) is 1. The molecule has 0 aliphatic heterocycles. The van der Waals surface area contributed by atoms with E-state index in [4.69, 9.17) is 17.3 Å². The number of nitrogen functional groups attached to an aromatic ring is 1. The molecular formula is C9H6BrClN2. The molecule has 4 heteroatoms. The molecular weight excluding hydrogens is 251 g/mol. The summed E-state index contributed by atoms with van der Waals surface area (Å²) in [5.41, 5.74) is 6.51. The molecule has 0 fully saturated rings. The smallest absolute Gasteiger partial charge is 0.136 e. The molecule has 0 saturated carbocycles. The molecule has 0 amide bonds. The van der Waals surface area contributed by atoms with E-state index in [1.807, 2.05) is 18.2 Å². The highest BCUT2D eigenvalue weighted by molar-refractivity contribution is 9.10. The summed E-state index contributed by atoms with van der Waals surface area (Å²) in [7, 11) is 0. The van der Waals surface area contributed by atoms with Crippen LogP contribution in [-0.2, 0) is 0 Å². The topological polar surface area (TPSA) is 38.9 Å². The van der Waals surface area contributed by atoms with Gasteiger partial charge in [-0.25, -0.2) is 4.98 Å². The highest BCUT2D eigenvalue weighted by Gasteiger charge is 2.03. The first-order valence-corrected chi connectivity index (χ1v) is 4.85. The van der Waals surface area contributed by atoms with Crippen LogP contribution in [0.3, 0.4) is 0 Å². The minimum Gasteiger partial charge on any atom is -0.398 e. The standard InChI is InChI=1S/C9H6BrClN2/c10-5-3-7-6(8(12)4-5)1-2-13-9(7)11/h1-4H,12H2. The minimum absolute atomic E-state index is 0.477. The molecule has 2 N–H and O–H groups in total. The maximum absolute atomic E-state index is 5.91. The SMILES string of the molecule is Nc1cc(Br)cc2c(Cl)nccc12. The molecule has 1 aromatic heterocycles. The van der Waals surface area contributed by atoms with E-state index in [2.05, 4.69) is 20.9 Å². The highest BCUT2D eigenvalue weighted by Crippen LogP contribution is 2.29. The van der Waals surface area contributed by atoms with Crippen molar-refractivity contribution in [2.45, 2.75) is 0 Å². The van der Waals surface area contributed by atoms with E-state index in [0.29, 0.717) is 10.8 Å². The van der Waals surface area contributed by atoms with Crippen molar-refractivity contribution in [2.24, 2.45) is 0 Å². The lowest BCUT2D eigenvalue weighted by Gasteiger charge is -2.03. The van der Waals surface area contributed by atoms with Crippen LogP contribution in [0.15, 0.2) is 28.9 Å². The Bertz CT molecular complexity index is 470. The fraction of sp³-hybridized carbons (Fsp3) is 0. The third-order valence-corrected chi connectivity index (χ3v) is 2.59. The number of anilines is 1. The van der Waals surface area contributed by atoms with Gasteiger partial charge in [-0.2, -0.15) is 0 Å². The van der Waals surface area contributed by atoms with Crippen LogP contribution in [0.4, 0.5) is 5.69 Å². The molecule has 0 spiro atoms. The molecule has 2 aromatic rings. The normalized spacial score (nSPS) is 10.6. The van der Waals surface area contributed by atoms with Crippen LogP contribution in [0.2, 0.25) is 5.15 Å². The summed E-state index contributed by atoms with van der Waals surface area (Å²) in [6, 6.07) is 5.60. The summed E-state index contributed by atoms with van der Waals surface area (Å²) < 4.78 is 0.910. The second-order valence-corrected chi connectivity index (χ2v) is 3.97. The zero-order valence-corrected chi connectivity index (χ0v) is 8.93. The first kappa shape index (κ1) is 8.78. The lowest BCUT2D eigenvalue weighted by Crippen LogP contribution is -1.88. The Morgan fingerprint density at radius 2 is 2.08 bits per heavy atom. The quantitative estimate of drug-likeness (QED) is 0.581. The summed E-state index contributed by atoms with van der Waals surface area (Å²) in [5, 5.41) is 2.28. The minimum atomic E-state index is 0.477. The summed E-state index contributed by atoms with van der Waals surface area (Å²) in [4.78, 5) is 3.98. The van der Waals surface area contributed by atoms with E-state index >= 15 is 0 Å². The predicted molar refractivity (Wildman–Crippen MR) is 58.9 cm³/mol. The van der Waals surface area contributed by atoms with Gasteiger partial charge in [-0.3, -0.25) is 0 Å². The van der Waals surface area contributed by atoms with Gasteiger partial charge >= 0.3 is 0 Å². The highest BCUT2D eigenvalue weighted by atomic mass is 79.9. The van der Waals surface area contributed by atoms with Crippen molar-refractivity contribution in [1.82, 2.24) is 4.98 Å². The average molecular weight is 258 g/mol. The van der Waals surface area contributed by atoms with Crippen LogP contribution in [0, 0.1) is 0 Å². The molecule has 1 heterocycles. The van der Waals surface area contributed by atoms with Crippen LogP contribution in [0.5, 0.6) is 0 Å². The number of rotatable bonds is 0. The Kier molecular flexibility index (Phi) is 2.14. The Morgan fingerprint density at radius 1 is 1.31 bits per heavy atom. The molecule has 0 atom stereocenters. The number of hydrogen-bond acceptors (Lipinski definition) is 2. The molecule has 13 heavy (non-hydrogen) atoms. The predicted octanol–water partition coefficient (Wildman–Crippen LogP) is 3.23. The van der Waals surface area contributed by atoms with Gasteiger partial charge in [0.1, 0.15) is 5.15 Å². The number of pyridine rings is 1. The maximum atomic E-state index is 5.91. The molecule has 0 aliphatic rings. The Hall–Kier alpha value is -0.800. The first-order chi connectivity index (χ1) is 6.18. The number of nitrogens with two attached hydrogens (primary N) is 1. The molecule has 2 nitrogen and oxygen atoms in total. The number of aromatic nitrogens is 1. The number of benzene rings is 1. The maximum Gasteiger partial charge on any atom is 0.136 e. The molecule has 0 radical (unpaired) electrons. The number of fused-ring (bicyclic) bond motifs is 1. The van der Waals surface area contributed by atoms with Gasteiger partial charge in [0, 0.05) is 27.1 Å². The van der Waals surface area contributed by atoms with E-state index in [-0.39, 0.29) is 0 Å². The van der Waals surface area contributed by atoms with Crippen LogP contribution in [0.1, 0.15) is 0 Å². The van der Waals surface area contributed by atoms with Crippen molar-refractivity contribution in [1.29, 1.82) is 0 Å². The van der Waals surface area contributed by atoms with Crippen molar-refractivity contribution >= 4 is 44.0 Å². The molecule has 0 saturated heterocycles. The average Bonchev–Trinajstić information content (AvgIpc) is 2.07. The van der Waals surface area contributed by atoms with Crippen molar-refractivity contribution in [3.8, 4) is 0 Å². The number of halogens is 2. The van der Waals surface area contributed by atoms with Crippen LogP contribution >= 0.6 is 27.5 Å². The summed E-state index contributed by atoms with van der Waals surface area (Å²) >= 11 is 9.26. The molecule has 1 aromatic carbocycles. The zero-order valence-electron chi connectivity index (χ0n) is 6.59. The lowest BCUT2D eigenvalue weighted by molar-refractivity contribution is 1.36. The van der Waals surface area contributed by atoms with Crippen molar-refractivity contribution in [3.63, 3.8) is 0 Å². The second-order valence-electron chi connectivity index (χ2n) is 2.69. The van der Waals surface area contributed by atoms with Crippen LogP contribution in [-0.4, -0.2) is 4.98 Å². The molecule has 0 unspecified atom stereocenters. The largest absolute Gasteiger partial charge is 0.398 e. The van der Waals surface area contributed by atoms with E-state index in [1.165, 1.54) is 0 Å². The van der Waals surface area contributed by atoms with Crippen LogP contribution < -0.4 is 5.73 Å². The Balaban J connectivity index is 2.94. The second kappa shape index (κ2) is 3.16. The van der Waals surface area contributed by atoms with Crippen LogP contribution in [0.25, 0.3) is 10.8 Å². The van der Waals surface area contributed by atoms with Gasteiger partial charge in [0.05, 0.1) is 0 Å². The van der Waals surface area contributed by atoms with E-state index in [0.717, 1.165) is 15.2 Å². The Labute approximate surface area is 88.8 Å². The molecule has 0 aliphatic carbocycles. The van der Waals surface area contributed by atoms with E-state index in [9.17, 15) is 0 Å². The summed E-state index contributed by atoms with van der Waals surface area (Å²) in [6.45, 7) is 0. The number of hydrogen-bond donors (Lipinski definition) is 1. The van der Waals surface area contributed by atoms with E-state index < -0.39 is 0 Å². The van der Waals surface area contributed by atoms with Gasteiger partial charge < -0.3 is 5.73 Å². The first-order valence-electron chi connectivity index (χ1n) is 3.68. The molecule has 2 rings (SSSR count). The van der Waals surface area contributed by atoms with Gasteiger partial charge in [-0.15, -0.1) is 0 Å². The van der Waals surface area contributed by atoms with Gasteiger partial charge in [0.25, 0.3) is 0 Å². The van der Waals surface area contributed by atoms with Gasteiger partial charge in [0.2, 0.25) is 0 Å². The van der Waals surface area contributed by atoms with Crippen molar-refractivity contribution < 1.29 is 0 Å². The van der Waals surface area contributed by atoms with Gasteiger partial charge in [-0.1, -0.05) is 27.5 Å². The molecule has 66 valence electrons. The zero-order chi connectivity index (χ0) is 9.42. The monoisotopic (exact) mass is 256 g/mol. The summed E-state index contributed by atoms with van der Waals surface area (Å²) in [6.07, 6.45) is 1.65. The summed E-state index contributed by atoms with van der Waals surface area (Å²) in [5.74, 6) is 0. The molecule has 0 bridgehead atoms. The van der Waals surface area contributed by atoms with Crippen molar-refractivity contribution in [2.75, 3.05) is 5.73 Å². The van der Waals surface area contributed by atoms with Crippen molar-refractivity contribution in [3.05, 3.63) is 34.0 Å². The Morgan fingerprint density at radius 3 is 2.85 bits per heavy atom. The fourth-order valence-electron chi connectivity index (χ4n) is 1.24. The third kappa shape index (κ3) is 1.49. The third-order valence-electron chi connectivity index (χ3n) is 1.83. The fourth-order valence-corrected chi connectivity index (χ4v) is 1.93. The lowest BCUT2D eigenvalue weighted by atomic mass is 10.1. The van der Waals surface area contributed by atoms with Gasteiger partial charge in [0.15, 0.2) is 0 Å².